The lowest BCUT2D eigenvalue weighted by Crippen LogP contribution is -2.13. The van der Waals surface area contributed by atoms with Gasteiger partial charge in [-0.1, -0.05) is 17.3 Å². The molecule has 0 spiro atoms. The predicted molar refractivity (Wildman–Crippen MR) is 117 cm³/mol. The van der Waals surface area contributed by atoms with Crippen molar-refractivity contribution < 1.29 is 23.5 Å². The Balaban J connectivity index is 1.69. The Morgan fingerprint density at radius 2 is 1.72 bits per heavy atom. The van der Waals surface area contributed by atoms with E-state index in [0.29, 0.717) is 45.5 Å². The van der Waals surface area contributed by atoms with Crippen LogP contribution >= 0.6 is 0 Å². The van der Waals surface area contributed by atoms with E-state index < -0.39 is 0 Å². The van der Waals surface area contributed by atoms with Gasteiger partial charge >= 0.3 is 0 Å². The molecule has 1 amide bonds. The van der Waals surface area contributed by atoms with Gasteiger partial charge in [-0.05, 0) is 36.4 Å². The fourth-order valence-electron chi connectivity index (χ4n) is 3.16. The Labute approximate surface area is 184 Å². The smallest absolute Gasteiger partial charge is 0.259 e. The lowest BCUT2D eigenvalue weighted by atomic mass is 10.1. The SMILES string of the molecule is COc1cc(-c2noc(-c3ccccc3C(=O)Nc3cccnc3)n2)cc(OC)c1OC. The Morgan fingerprint density at radius 3 is 2.38 bits per heavy atom. The highest BCUT2D eigenvalue weighted by molar-refractivity contribution is 6.08. The van der Waals surface area contributed by atoms with Crippen molar-refractivity contribution in [3.63, 3.8) is 0 Å². The molecule has 0 radical (unpaired) electrons. The first kappa shape index (κ1) is 20.9. The third kappa shape index (κ3) is 4.08. The summed E-state index contributed by atoms with van der Waals surface area (Å²) in [7, 11) is 4.58. The van der Waals surface area contributed by atoms with E-state index >= 15 is 0 Å². The van der Waals surface area contributed by atoms with Gasteiger partial charge < -0.3 is 24.1 Å². The van der Waals surface area contributed by atoms with E-state index in [1.165, 1.54) is 21.3 Å². The molecule has 0 aliphatic heterocycles. The topological polar surface area (TPSA) is 109 Å². The van der Waals surface area contributed by atoms with Gasteiger partial charge in [-0.3, -0.25) is 9.78 Å². The third-order valence-corrected chi connectivity index (χ3v) is 4.67. The number of pyridine rings is 1. The quantitative estimate of drug-likeness (QED) is 0.465. The largest absolute Gasteiger partial charge is 0.493 e. The molecule has 0 bridgehead atoms. The van der Waals surface area contributed by atoms with Gasteiger partial charge in [0.25, 0.3) is 11.8 Å². The molecule has 0 saturated heterocycles. The second-order valence-corrected chi connectivity index (χ2v) is 6.58. The van der Waals surface area contributed by atoms with Crippen LogP contribution in [0.2, 0.25) is 0 Å². The predicted octanol–water partition coefficient (Wildman–Crippen LogP) is 4.08. The molecular formula is C23H20N4O5. The molecule has 0 fully saturated rings. The van der Waals surface area contributed by atoms with Crippen LogP contribution in [-0.2, 0) is 0 Å². The van der Waals surface area contributed by atoms with Gasteiger partial charge in [0.2, 0.25) is 11.6 Å². The van der Waals surface area contributed by atoms with E-state index in [0.717, 1.165) is 0 Å². The highest BCUT2D eigenvalue weighted by Crippen LogP contribution is 2.41. The molecule has 32 heavy (non-hydrogen) atoms. The Morgan fingerprint density at radius 1 is 0.969 bits per heavy atom. The van der Waals surface area contributed by atoms with Crippen LogP contribution in [0.15, 0.2) is 65.4 Å². The average Bonchev–Trinajstić information content (AvgIpc) is 3.34. The molecule has 0 unspecified atom stereocenters. The molecule has 0 atom stereocenters. The number of aromatic nitrogens is 3. The van der Waals surface area contributed by atoms with Gasteiger partial charge in [0, 0.05) is 11.8 Å². The number of nitrogens with one attached hydrogen (secondary N) is 1. The fraction of sp³-hybridized carbons (Fsp3) is 0.130. The molecule has 0 aliphatic carbocycles. The van der Waals surface area contributed by atoms with Crippen LogP contribution in [0.4, 0.5) is 5.69 Å². The first-order valence-corrected chi connectivity index (χ1v) is 9.59. The number of nitrogens with zero attached hydrogens (tertiary/aromatic N) is 3. The maximum absolute atomic E-state index is 12.8. The van der Waals surface area contributed by atoms with Crippen LogP contribution in [0.25, 0.3) is 22.8 Å². The number of anilines is 1. The van der Waals surface area contributed by atoms with E-state index in [2.05, 4.69) is 20.4 Å². The number of benzene rings is 2. The zero-order valence-electron chi connectivity index (χ0n) is 17.7. The highest BCUT2D eigenvalue weighted by Gasteiger charge is 2.20. The number of hydrogen-bond acceptors (Lipinski definition) is 8. The summed E-state index contributed by atoms with van der Waals surface area (Å²) >= 11 is 0. The van der Waals surface area contributed by atoms with Crippen molar-refractivity contribution in [2.75, 3.05) is 26.6 Å². The highest BCUT2D eigenvalue weighted by atomic mass is 16.5. The number of hydrogen-bond donors (Lipinski definition) is 1. The van der Waals surface area contributed by atoms with Crippen molar-refractivity contribution in [3.8, 4) is 40.1 Å². The second kappa shape index (κ2) is 9.17. The summed E-state index contributed by atoms with van der Waals surface area (Å²) < 4.78 is 21.6. The Kier molecular flexibility index (Phi) is 5.98. The van der Waals surface area contributed by atoms with Crippen LogP contribution in [-0.4, -0.2) is 42.4 Å². The van der Waals surface area contributed by atoms with E-state index in [4.69, 9.17) is 18.7 Å². The van der Waals surface area contributed by atoms with Gasteiger partial charge in [0.15, 0.2) is 11.5 Å². The van der Waals surface area contributed by atoms with E-state index in [9.17, 15) is 4.79 Å². The molecule has 9 heteroatoms. The lowest BCUT2D eigenvalue weighted by molar-refractivity contribution is 0.102. The minimum atomic E-state index is -0.318. The fourth-order valence-corrected chi connectivity index (χ4v) is 3.16. The van der Waals surface area contributed by atoms with E-state index in [1.807, 2.05) is 0 Å². The molecule has 0 aliphatic rings. The van der Waals surface area contributed by atoms with Crippen molar-refractivity contribution >= 4 is 11.6 Å². The van der Waals surface area contributed by atoms with Gasteiger partial charge in [0.05, 0.1) is 44.3 Å². The molecule has 2 heterocycles. The summed E-state index contributed by atoms with van der Waals surface area (Å²) in [6.45, 7) is 0. The van der Waals surface area contributed by atoms with Crippen LogP contribution in [0.5, 0.6) is 17.2 Å². The summed E-state index contributed by atoms with van der Waals surface area (Å²) in [4.78, 5) is 21.3. The summed E-state index contributed by atoms with van der Waals surface area (Å²) in [5, 5.41) is 6.89. The monoisotopic (exact) mass is 432 g/mol. The lowest BCUT2D eigenvalue weighted by Gasteiger charge is -2.12. The number of methoxy groups -OCH3 is 3. The number of amides is 1. The summed E-state index contributed by atoms with van der Waals surface area (Å²) in [6.07, 6.45) is 3.20. The molecule has 2 aromatic heterocycles. The van der Waals surface area contributed by atoms with Crippen molar-refractivity contribution in [2.24, 2.45) is 0 Å². The number of carbonyl (C=O) groups excluding carboxylic acids is 1. The number of carbonyl (C=O) groups is 1. The van der Waals surface area contributed by atoms with Crippen molar-refractivity contribution in [1.29, 1.82) is 0 Å². The first-order chi connectivity index (χ1) is 15.6. The van der Waals surface area contributed by atoms with Gasteiger partial charge in [-0.2, -0.15) is 4.98 Å². The van der Waals surface area contributed by atoms with Crippen LogP contribution < -0.4 is 19.5 Å². The normalized spacial score (nSPS) is 10.5. The Hall–Kier alpha value is -4.40. The number of ether oxygens (including phenoxy) is 3. The molecular weight excluding hydrogens is 412 g/mol. The van der Waals surface area contributed by atoms with Crippen LogP contribution in [0, 0.1) is 0 Å². The average molecular weight is 432 g/mol. The van der Waals surface area contributed by atoms with E-state index in [-0.39, 0.29) is 11.8 Å². The Bertz CT molecular complexity index is 1220. The van der Waals surface area contributed by atoms with Crippen molar-refractivity contribution in [1.82, 2.24) is 15.1 Å². The number of rotatable bonds is 7. The van der Waals surface area contributed by atoms with Crippen molar-refractivity contribution in [2.45, 2.75) is 0 Å². The standard InChI is InChI=1S/C23H20N4O5/c1-29-18-11-14(12-19(30-2)20(18)31-3)21-26-23(32-27-21)17-9-5-4-8-16(17)22(28)25-15-7-6-10-24-13-15/h4-13H,1-3H3,(H,25,28). The zero-order chi connectivity index (χ0) is 22.5. The molecule has 2 aromatic carbocycles. The second-order valence-electron chi connectivity index (χ2n) is 6.58. The zero-order valence-corrected chi connectivity index (χ0v) is 17.7. The van der Waals surface area contributed by atoms with Gasteiger partial charge in [0.1, 0.15) is 0 Å². The first-order valence-electron chi connectivity index (χ1n) is 9.59. The minimum absolute atomic E-state index is 0.200. The molecule has 162 valence electrons. The van der Waals surface area contributed by atoms with Gasteiger partial charge in [-0.15, -0.1) is 0 Å². The molecule has 4 rings (SSSR count). The minimum Gasteiger partial charge on any atom is -0.493 e. The maximum atomic E-state index is 12.8. The van der Waals surface area contributed by atoms with E-state index in [1.54, 1.807) is 60.9 Å². The summed E-state index contributed by atoms with van der Waals surface area (Å²) in [5.74, 6) is 1.57. The van der Waals surface area contributed by atoms with Crippen LogP contribution in [0.3, 0.4) is 0 Å². The molecule has 1 N–H and O–H groups in total. The van der Waals surface area contributed by atoms with Crippen molar-refractivity contribution in [3.05, 3.63) is 66.5 Å². The molecule has 4 aromatic rings. The van der Waals surface area contributed by atoms with Gasteiger partial charge in [-0.25, -0.2) is 0 Å². The third-order valence-electron chi connectivity index (χ3n) is 4.67. The summed E-state index contributed by atoms with van der Waals surface area (Å²) in [5.41, 5.74) is 2.07. The summed E-state index contributed by atoms with van der Waals surface area (Å²) in [6, 6.07) is 13.9. The molecule has 0 saturated carbocycles. The van der Waals surface area contributed by atoms with Crippen LogP contribution in [0.1, 0.15) is 10.4 Å². The maximum Gasteiger partial charge on any atom is 0.259 e. The molecule has 9 nitrogen and oxygen atoms in total.